The number of hydrogen-bond acceptors (Lipinski definition) is 4. The Bertz CT molecular complexity index is 737. The summed E-state index contributed by atoms with van der Waals surface area (Å²) in [5.74, 6) is 2.04. The van der Waals surface area contributed by atoms with Gasteiger partial charge in [0.2, 0.25) is 0 Å². The van der Waals surface area contributed by atoms with Crippen LogP contribution in [-0.4, -0.2) is 27.7 Å². The van der Waals surface area contributed by atoms with E-state index in [0.717, 1.165) is 41.7 Å². The standard InChI is InChI=1S/C19H22ClN3O/c1-12-22-17(13-8-16(24)9-13)10-18(23-12)21-11-19(6-7-19)14-2-4-15(20)5-3-14/h2-5,10,13,16,24H,6-9,11H2,1H3,(H,21,22,23). The molecule has 4 nitrogen and oxygen atoms in total. The van der Waals surface area contributed by atoms with Crippen molar-refractivity contribution < 1.29 is 5.11 Å². The highest BCUT2D eigenvalue weighted by Gasteiger charge is 2.44. The molecule has 0 aliphatic heterocycles. The Balaban J connectivity index is 1.47. The van der Waals surface area contributed by atoms with Gasteiger partial charge in [0.15, 0.2) is 0 Å². The van der Waals surface area contributed by atoms with E-state index in [4.69, 9.17) is 11.6 Å². The summed E-state index contributed by atoms with van der Waals surface area (Å²) in [6.07, 6.45) is 3.83. The molecular formula is C19H22ClN3O. The number of rotatable bonds is 5. The molecule has 1 aromatic carbocycles. The molecule has 126 valence electrons. The van der Waals surface area contributed by atoms with E-state index in [0.29, 0.717) is 5.92 Å². The van der Waals surface area contributed by atoms with Crippen molar-refractivity contribution in [2.75, 3.05) is 11.9 Å². The molecule has 0 amide bonds. The number of anilines is 1. The number of nitrogens with zero attached hydrogens (tertiary/aromatic N) is 2. The minimum absolute atomic E-state index is 0.165. The van der Waals surface area contributed by atoms with Crippen LogP contribution in [0.4, 0.5) is 5.82 Å². The Morgan fingerprint density at radius 3 is 2.54 bits per heavy atom. The fourth-order valence-electron chi connectivity index (χ4n) is 3.50. The zero-order valence-electron chi connectivity index (χ0n) is 13.8. The Morgan fingerprint density at radius 1 is 1.21 bits per heavy atom. The molecule has 2 N–H and O–H groups in total. The van der Waals surface area contributed by atoms with Crippen molar-refractivity contribution >= 4 is 17.4 Å². The van der Waals surface area contributed by atoms with Crippen LogP contribution in [0.3, 0.4) is 0 Å². The fraction of sp³-hybridized carbons (Fsp3) is 0.474. The van der Waals surface area contributed by atoms with E-state index < -0.39 is 0 Å². The third-order valence-electron chi connectivity index (χ3n) is 5.31. The zero-order valence-corrected chi connectivity index (χ0v) is 14.6. The molecule has 0 unspecified atom stereocenters. The number of benzene rings is 1. The van der Waals surface area contributed by atoms with E-state index >= 15 is 0 Å². The van der Waals surface area contributed by atoms with Crippen LogP contribution < -0.4 is 5.32 Å². The fourth-order valence-corrected chi connectivity index (χ4v) is 3.63. The molecule has 0 spiro atoms. The van der Waals surface area contributed by atoms with E-state index in [1.54, 1.807) is 0 Å². The molecule has 24 heavy (non-hydrogen) atoms. The maximum absolute atomic E-state index is 9.51. The molecule has 0 saturated heterocycles. The van der Waals surface area contributed by atoms with Gasteiger partial charge in [-0.15, -0.1) is 0 Å². The van der Waals surface area contributed by atoms with Crippen molar-refractivity contribution in [2.24, 2.45) is 0 Å². The molecule has 2 aliphatic carbocycles. The second-order valence-corrected chi connectivity index (χ2v) is 7.62. The second kappa shape index (κ2) is 6.01. The topological polar surface area (TPSA) is 58.0 Å². The molecule has 0 atom stereocenters. The van der Waals surface area contributed by atoms with Crippen LogP contribution in [0.15, 0.2) is 30.3 Å². The lowest BCUT2D eigenvalue weighted by molar-refractivity contribution is 0.0731. The first-order chi connectivity index (χ1) is 11.5. The molecule has 2 fully saturated rings. The number of nitrogens with one attached hydrogen (secondary N) is 1. The van der Waals surface area contributed by atoms with Crippen molar-refractivity contribution in [3.63, 3.8) is 0 Å². The van der Waals surface area contributed by atoms with Crippen molar-refractivity contribution in [3.8, 4) is 0 Å². The first-order valence-electron chi connectivity index (χ1n) is 8.58. The largest absolute Gasteiger partial charge is 0.393 e. The van der Waals surface area contributed by atoms with E-state index in [9.17, 15) is 5.11 Å². The van der Waals surface area contributed by atoms with Gasteiger partial charge in [0.25, 0.3) is 0 Å². The summed E-state index contributed by atoms with van der Waals surface area (Å²) >= 11 is 6.00. The summed E-state index contributed by atoms with van der Waals surface area (Å²) in [6, 6.07) is 10.2. The van der Waals surface area contributed by atoms with Crippen LogP contribution in [0, 0.1) is 6.92 Å². The first-order valence-corrected chi connectivity index (χ1v) is 8.95. The van der Waals surface area contributed by atoms with Crippen molar-refractivity contribution in [1.82, 2.24) is 9.97 Å². The van der Waals surface area contributed by atoms with Crippen LogP contribution in [0.1, 0.15) is 48.7 Å². The van der Waals surface area contributed by atoms with Gasteiger partial charge >= 0.3 is 0 Å². The van der Waals surface area contributed by atoms with Gasteiger partial charge in [0.05, 0.1) is 6.10 Å². The van der Waals surface area contributed by atoms with E-state index in [-0.39, 0.29) is 11.5 Å². The summed E-state index contributed by atoms with van der Waals surface area (Å²) in [6.45, 7) is 2.80. The van der Waals surface area contributed by atoms with Gasteiger partial charge in [-0.1, -0.05) is 23.7 Å². The predicted octanol–water partition coefficient (Wildman–Crippen LogP) is 3.82. The van der Waals surface area contributed by atoms with Crippen molar-refractivity contribution in [2.45, 2.75) is 50.0 Å². The first kappa shape index (κ1) is 15.9. The minimum atomic E-state index is -0.165. The van der Waals surface area contributed by atoms with Crippen molar-refractivity contribution in [1.29, 1.82) is 0 Å². The lowest BCUT2D eigenvalue weighted by atomic mass is 9.80. The Hall–Kier alpha value is -1.65. The van der Waals surface area contributed by atoms with E-state index in [2.05, 4.69) is 27.4 Å². The normalized spacial score (nSPS) is 24.3. The van der Waals surface area contributed by atoms with Gasteiger partial charge in [0, 0.05) is 34.7 Å². The van der Waals surface area contributed by atoms with Gasteiger partial charge in [0.1, 0.15) is 11.6 Å². The maximum atomic E-state index is 9.51. The van der Waals surface area contributed by atoms with Crippen LogP contribution in [0.2, 0.25) is 5.02 Å². The highest BCUT2D eigenvalue weighted by molar-refractivity contribution is 6.30. The minimum Gasteiger partial charge on any atom is -0.393 e. The van der Waals surface area contributed by atoms with E-state index in [1.807, 2.05) is 25.1 Å². The number of aliphatic hydroxyl groups excluding tert-OH is 1. The molecule has 1 aromatic heterocycles. The summed E-state index contributed by atoms with van der Waals surface area (Å²) < 4.78 is 0. The highest BCUT2D eigenvalue weighted by Crippen LogP contribution is 2.48. The van der Waals surface area contributed by atoms with Crippen LogP contribution in [0.5, 0.6) is 0 Å². The molecule has 0 radical (unpaired) electrons. The molecule has 5 heteroatoms. The number of aryl methyl sites for hydroxylation is 1. The number of aromatic nitrogens is 2. The summed E-state index contributed by atoms with van der Waals surface area (Å²) in [4.78, 5) is 9.07. The molecule has 2 saturated carbocycles. The lowest BCUT2D eigenvalue weighted by Crippen LogP contribution is -2.27. The van der Waals surface area contributed by atoms with E-state index in [1.165, 1.54) is 18.4 Å². The Kier molecular flexibility index (Phi) is 3.97. The van der Waals surface area contributed by atoms with Gasteiger partial charge < -0.3 is 10.4 Å². The number of aliphatic hydroxyl groups is 1. The summed E-state index contributed by atoms with van der Waals surface area (Å²) in [5, 5.41) is 13.8. The van der Waals surface area contributed by atoms with Crippen LogP contribution in [-0.2, 0) is 5.41 Å². The average molecular weight is 344 g/mol. The van der Waals surface area contributed by atoms with Gasteiger partial charge in [-0.05, 0) is 50.3 Å². The molecule has 0 bridgehead atoms. The average Bonchev–Trinajstić information content (AvgIpc) is 3.31. The van der Waals surface area contributed by atoms with Crippen molar-refractivity contribution in [3.05, 3.63) is 52.4 Å². The SMILES string of the molecule is Cc1nc(NCC2(c3ccc(Cl)cc3)CC2)cc(C2CC(O)C2)n1. The molecule has 4 rings (SSSR count). The Morgan fingerprint density at radius 2 is 1.92 bits per heavy atom. The van der Waals surface area contributed by atoms with Crippen LogP contribution >= 0.6 is 11.6 Å². The van der Waals surface area contributed by atoms with Gasteiger partial charge in [-0.2, -0.15) is 0 Å². The molecule has 2 aromatic rings. The monoisotopic (exact) mass is 343 g/mol. The highest BCUT2D eigenvalue weighted by atomic mass is 35.5. The van der Waals surface area contributed by atoms with Gasteiger partial charge in [-0.25, -0.2) is 9.97 Å². The molecule has 2 aliphatic rings. The Labute approximate surface area is 147 Å². The number of halogens is 1. The number of hydrogen-bond donors (Lipinski definition) is 2. The zero-order chi connectivity index (χ0) is 16.7. The lowest BCUT2D eigenvalue weighted by Gasteiger charge is -2.31. The summed E-state index contributed by atoms with van der Waals surface area (Å²) in [5.41, 5.74) is 2.59. The maximum Gasteiger partial charge on any atom is 0.129 e. The molecule has 1 heterocycles. The summed E-state index contributed by atoms with van der Waals surface area (Å²) in [7, 11) is 0. The third-order valence-corrected chi connectivity index (χ3v) is 5.56. The third kappa shape index (κ3) is 3.13. The molecular weight excluding hydrogens is 322 g/mol. The van der Waals surface area contributed by atoms with Crippen LogP contribution in [0.25, 0.3) is 0 Å². The quantitative estimate of drug-likeness (QED) is 0.866. The second-order valence-electron chi connectivity index (χ2n) is 7.19. The van der Waals surface area contributed by atoms with Gasteiger partial charge in [-0.3, -0.25) is 0 Å². The smallest absolute Gasteiger partial charge is 0.129 e. The predicted molar refractivity (Wildman–Crippen MR) is 95.6 cm³/mol.